The Morgan fingerprint density at radius 3 is 2.60 bits per heavy atom. The van der Waals surface area contributed by atoms with Gasteiger partial charge in [-0.2, -0.15) is 5.10 Å². The Bertz CT molecular complexity index is 870. The average molecular weight is 348 g/mol. The molecular weight excluding hydrogens is 333 g/mol. The van der Waals surface area contributed by atoms with Gasteiger partial charge in [0, 0.05) is 11.5 Å². The minimum Gasteiger partial charge on any atom is -0.322 e. The molecule has 2 aromatic heterocycles. The van der Waals surface area contributed by atoms with Gasteiger partial charge in [0.05, 0.1) is 24.5 Å². The number of halogens is 3. The van der Waals surface area contributed by atoms with Crippen LogP contribution < -0.4 is 5.73 Å². The third-order valence-electron chi connectivity index (χ3n) is 4.18. The number of nitrogens with two attached hydrogens (primary N) is 1. The molecule has 1 aromatic carbocycles. The molecule has 1 unspecified atom stereocenters. The summed E-state index contributed by atoms with van der Waals surface area (Å²) in [6.07, 6.45) is 4.90. The molecule has 0 saturated carbocycles. The van der Waals surface area contributed by atoms with Crippen LogP contribution in [0.3, 0.4) is 0 Å². The van der Waals surface area contributed by atoms with Gasteiger partial charge in [0.25, 0.3) is 0 Å². The largest absolute Gasteiger partial charge is 0.322 e. The molecule has 2 heterocycles. The van der Waals surface area contributed by atoms with E-state index in [-0.39, 0.29) is 17.8 Å². The lowest BCUT2D eigenvalue weighted by molar-refractivity contribution is 0.291. The highest BCUT2D eigenvalue weighted by molar-refractivity contribution is 5.31. The number of aromatic nitrogens is 5. The van der Waals surface area contributed by atoms with Gasteiger partial charge in [-0.3, -0.25) is 4.68 Å². The van der Waals surface area contributed by atoms with Crippen molar-refractivity contribution in [2.24, 2.45) is 5.73 Å². The Morgan fingerprint density at radius 2 is 1.96 bits per heavy atom. The zero-order valence-electron chi connectivity index (χ0n) is 13.3. The van der Waals surface area contributed by atoms with Gasteiger partial charge in [0.15, 0.2) is 5.82 Å². The van der Waals surface area contributed by atoms with E-state index in [1.54, 1.807) is 6.92 Å². The number of benzene rings is 1. The van der Waals surface area contributed by atoms with Gasteiger partial charge < -0.3 is 5.73 Å². The zero-order chi connectivity index (χ0) is 18.0. The molecule has 0 spiro atoms. The van der Waals surface area contributed by atoms with Gasteiger partial charge in [0.1, 0.15) is 30.6 Å². The predicted molar refractivity (Wildman–Crippen MR) is 82.7 cm³/mol. The van der Waals surface area contributed by atoms with Crippen LogP contribution in [0.2, 0.25) is 0 Å². The van der Waals surface area contributed by atoms with Gasteiger partial charge >= 0.3 is 0 Å². The van der Waals surface area contributed by atoms with E-state index in [0.717, 1.165) is 24.7 Å². The summed E-state index contributed by atoms with van der Waals surface area (Å²) in [7, 11) is 0. The third kappa shape index (κ3) is 3.22. The van der Waals surface area contributed by atoms with Crippen LogP contribution in [-0.2, 0) is 12.0 Å². The summed E-state index contributed by atoms with van der Waals surface area (Å²) in [5.74, 6) is -2.21. The Kier molecular flexibility index (Phi) is 4.49. The average Bonchev–Trinajstić information content (AvgIpc) is 3.07. The molecule has 2 N–H and O–H groups in total. The van der Waals surface area contributed by atoms with Crippen molar-refractivity contribution in [3.63, 3.8) is 0 Å². The van der Waals surface area contributed by atoms with Crippen molar-refractivity contribution in [1.29, 1.82) is 0 Å². The molecule has 2 atom stereocenters. The third-order valence-corrected chi connectivity index (χ3v) is 4.18. The van der Waals surface area contributed by atoms with Gasteiger partial charge in [0.2, 0.25) is 0 Å². The Balaban J connectivity index is 2.13. The molecule has 3 aromatic rings. The van der Waals surface area contributed by atoms with E-state index in [1.165, 1.54) is 23.4 Å². The second kappa shape index (κ2) is 6.60. The molecule has 0 radical (unpaired) electrons. The molecule has 130 valence electrons. The smallest absolute Gasteiger partial charge is 0.164 e. The minimum absolute atomic E-state index is 0.0682. The van der Waals surface area contributed by atoms with Gasteiger partial charge in [-0.1, -0.05) is 13.0 Å². The summed E-state index contributed by atoms with van der Waals surface area (Å²) in [5, 5.41) is 4.00. The van der Waals surface area contributed by atoms with Crippen molar-refractivity contribution in [2.45, 2.75) is 24.9 Å². The molecule has 0 fully saturated rings. The first-order chi connectivity index (χ1) is 11.9. The van der Waals surface area contributed by atoms with E-state index in [2.05, 4.69) is 20.1 Å². The Labute approximate surface area is 141 Å². The standard InChI is InChI=1S/C16H15F3N6/c1-16(6-25-9-22-8-24-25,11-3-2-10(17)4-12(11)18)15(20)14-13(19)5-21-7-23-14/h2-5,7-9,15H,6,20H2,1H3/t15-,16?/m0/s1. The molecule has 0 aliphatic heterocycles. The summed E-state index contributed by atoms with van der Waals surface area (Å²) in [6.45, 7) is 1.72. The maximum atomic E-state index is 14.5. The molecule has 0 aliphatic carbocycles. The summed E-state index contributed by atoms with van der Waals surface area (Å²) in [4.78, 5) is 11.3. The fourth-order valence-corrected chi connectivity index (χ4v) is 2.81. The summed E-state index contributed by atoms with van der Waals surface area (Å²) in [5.41, 5.74) is 5.15. The maximum absolute atomic E-state index is 14.5. The van der Waals surface area contributed by atoms with Crippen LogP contribution in [0.1, 0.15) is 24.2 Å². The van der Waals surface area contributed by atoms with E-state index in [0.29, 0.717) is 0 Å². The Hall–Kier alpha value is -2.81. The molecule has 3 rings (SSSR count). The van der Waals surface area contributed by atoms with E-state index in [4.69, 9.17) is 5.73 Å². The van der Waals surface area contributed by atoms with Crippen LogP contribution in [0.5, 0.6) is 0 Å². The van der Waals surface area contributed by atoms with Crippen molar-refractivity contribution in [2.75, 3.05) is 0 Å². The lowest BCUT2D eigenvalue weighted by Gasteiger charge is -2.35. The molecular formula is C16H15F3N6. The lowest BCUT2D eigenvalue weighted by atomic mass is 9.74. The molecule has 25 heavy (non-hydrogen) atoms. The first-order valence-corrected chi connectivity index (χ1v) is 7.41. The van der Waals surface area contributed by atoms with E-state index in [9.17, 15) is 13.2 Å². The number of hydrogen-bond donors (Lipinski definition) is 1. The number of rotatable bonds is 5. The quantitative estimate of drug-likeness (QED) is 0.764. The predicted octanol–water partition coefficient (Wildman–Crippen LogP) is 2.14. The van der Waals surface area contributed by atoms with Crippen molar-refractivity contribution in [3.8, 4) is 0 Å². The number of hydrogen-bond acceptors (Lipinski definition) is 5. The van der Waals surface area contributed by atoms with Crippen LogP contribution >= 0.6 is 0 Å². The first kappa shape index (κ1) is 17.0. The zero-order valence-corrected chi connectivity index (χ0v) is 13.3. The number of nitrogens with zero attached hydrogens (tertiary/aromatic N) is 5. The van der Waals surface area contributed by atoms with Gasteiger partial charge in [-0.25, -0.2) is 28.1 Å². The van der Waals surface area contributed by atoms with Gasteiger partial charge in [-0.05, 0) is 11.6 Å². The highest BCUT2D eigenvalue weighted by Gasteiger charge is 2.40. The van der Waals surface area contributed by atoms with Crippen molar-refractivity contribution >= 4 is 0 Å². The van der Waals surface area contributed by atoms with Crippen molar-refractivity contribution in [1.82, 2.24) is 24.7 Å². The van der Waals surface area contributed by atoms with E-state index in [1.807, 2.05) is 0 Å². The SMILES string of the molecule is CC(Cn1cncn1)(c1ccc(F)cc1F)[C@@H](N)c1ncncc1F. The van der Waals surface area contributed by atoms with E-state index < -0.39 is 28.9 Å². The molecule has 9 heteroatoms. The lowest BCUT2D eigenvalue weighted by Crippen LogP contribution is -2.41. The monoisotopic (exact) mass is 348 g/mol. The van der Waals surface area contributed by atoms with Gasteiger partial charge in [-0.15, -0.1) is 0 Å². The Morgan fingerprint density at radius 1 is 1.16 bits per heavy atom. The topological polar surface area (TPSA) is 82.5 Å². The van der Waals surface area contributed by atoms with Crippen LogP contribution in [0.25, 0.3) is 0 Å². The maximum Gasteiger partial charge on any atom is 0.164 e. The molecule has 6 nitrogen and oxygen atoms in total. The summed E-state index contributed by atoms with van der Waals surface area (Å²) < 4.78 is 43.4. The normalized spacial score (nSPS) is 14.9. The van der Waals surface area contributed by atoms with Crippen LogP contribution in [-0.4, -0.2) is 24.7 Å². The van der Waals surface area contributed by atoms with Crippen LogP contribution in [0.15, 0.2) is 43.4 Å². The molecule has 0 saturated heterocycles. The van der Waals surface area contributed by atoms with Crippen molar-refractivity contribution in [3.05, 3.63) is 72.1 Å². The highest BCUT2D eigenvalue weighted by Crippen LogP contribution is 2.38. The fraction of sp³-hybridized carbons (Fsp3) is 0.250. The molecule has 0 bridgehead atoms. The minimum atomic E-state index is -1.18. The van der Waals surface area contributed by atoms with Crippen LogP contribution in [0.4, 0.5) is 13.2 Å². The van der Waals surface area contributed by atoms with Crippen molar-refractivity contribution < 1.29 is 13.2 Å². The summed E-state index contributed by atoms with van der Waals surface area (Å²) >= 11 is 0. The second-order valence-electron chi connectivity index (χ2n) is 5.87. The van der Waals surface area contributed by atoms with Crippen LogP contribution in [0, 0.1) is 17.5 Å². The first-order valence-electron chi connectivity index (χ1n) is 7.41. The highest BCUT2D eigenvalue weighted by atomic mass is 19.1. The van der Waals surface area contributed by atoms with E-state index >= 15 is 0 Å². The molecule has 0 aliphatic rings. The molecule has 0 amide bonds. The second-order valence-corrected chi connectivity index (χ2v) is 5.87. The summed E-state index contributed by atoms with van der Waals surface area (Å²) in [6, 6.07) is 2.14. The fourth-order valence-electron chi connectivity index (χ4n) is 2.81.